The van der Waals surface area contributed by atoms with E-state index >= 15 is 0 Å². The van der Waals surface area contributed by atoms with Crippen LogP contribution < -0.4 is 0 Å². The molecule has 7 heteroatoms. The van der Waals surface area contributed by atoms with Gasteiger partial charge in [-0.25, -0.2) is 8.78 Å². The Hall–Kier alpha value is -0.863. The van der Waals surface area contributed by atoms with Crippen molar-refractivity contribution in [3.63, 3.8) is 0 Å². The third-order valence-electron chi connectivity index (χ3n) is 5.79. The molecule has 3 rings (SSSR count). The van der Waals surface area contributed by atoms with Crippen LogP contribution in [0.5, 0.6) is 0 Å². The van der Waals surface area contributed by atoms with Gasteiger partial charge in [0, 0.05) is 5.56 Å². The van der Waals surface area contributed by atoms with Crippen LogP contribution in [0.4, 0.5) is 8.78 Å². The van der Waals surface area contributed by atoms with E-state index in [4.69, 9.17) is 18.6 Å². The van der Waals surface area contributed by atoms with Crippen molar-refractivity contribution < 1.29 is 27.4 Å². The Bertz CT molecular complexity index is 702. The predicted octanol–water partition coefficient (Wildman–Crippen LogP) is 4.95. The lowest BCUT2D eigenvalue weighted by atomic mass is 9.94. The van der Waals surface area contributed by atoms with Crippen molar-refractivity contribution in [2.75, 3.05) is 6.61 Å². The van der Waals surface area contributed by atoms with Crippen molar-refractivity contribution >= 4 is 8.32 Å². The highest BCUT2D eigenvalue weighted by atomic mass is 28.4. The fourth-order valence-electron chi connectivity index (χ4n) is 3.38. The normalized spacial score (nSPS) is 31.0. The molecule has 0 amide bonds. The second kappa shape index (κ2) is 6.88. The van der Waals surface area contributed by atoms with Gasteiger partial charge in [0.2, 0.25) is 0 Å². The van der Waals surface area contributed by atoms with Crippen molar-refractivity contribution in [3.8, 4) is 0 Å². The van der Waals surface area contributed by atoms with Crippen molar-refractivity contribution in [1.29, 1.82) is 0 Å². The minimum atomic E-state index is -2.24. The molecule has 27 heavy (non-hydrogen) atoms. The summed E-state index contributed by atoms with van der Waals surface area (Å²) in [5.41, 5.74) is 0.158. The molecule has 152 valence electrons. The summed E-state index contributed by atoms with van der Waals surface area (Å²) in [5, 5.41) is -0.0556. The summed E-state index contributed by atoms with van der Waals surface area (Å²) in [6.45, 7) is 14.6. The molecule has 2 aliphatic rings. The summed E-state index contributed by atoms with van der Waals surface area (Å²) in [4.78, 5) is 0. The fraction of sp³-hybridized carbons (Fsp3) is 0.700. The number of fused-ring (bicyclic) bond motifs is 1. The van der Waals surface area contributed by atoms with Gasteiger partial charge in [-0.2, -0.15) is 0 Å². The first-order valence-corrected chi connectivity index (χ1v) is 12.3. The lowest BCUT2D eigenvalue weighted by Crippen LogP contribution is -2.55. The average Bonchev–Trinajstić information content (AvgIpc) is 2.83. The summed E-state index contributed by atoms with van der Waals surface area (Å²) in [7, 11) is -2.24. The molecule has 0 unspecified atom stereocenters. The average molecular weight is 401 g/mol. The molecule has 2 aliphatic heterocycles. The number of hydrogen-bond donors (Lipinski definition) is 0. The summed E-state index contributed by atoms with van der Waals surface area (Å²) in [6.07, 6.45) is -2.05. The summed E-state index contributed by atoms with van der Waals surface area (Å²) in [5.74, 6) is -1.79. The van der Waals surface area contributed by atoms with E-state index in [1.54, 1.807) is 0 Å². The predicted molar refractivity (Wildman–Crippen MR) is 101 cm³/mol. The molecule has 4 atom stereocenters. The van der Waals surface area contributed by atoms with Gasteiger partial charge >= 0.3 is 0 Å². The zero-order chi connectivity index (χ0) is 20.2. The molecule has 1 aromatic rings. The van der Waals surface area contributed by atoms with Crippen molar-refractivity contribution in [1.82, 2.24) is 0 Å². The number of hydrogen-bond acceptors (Lipinski definition) is 4. The van der Waals surface area contributed by atoms with E-state index in [1.807, 2.05) is 13.8 Å². The molecule has 2 fully saturated rings. The van der Waals surface area contributed by atoms with Crippen LogP contribution in [-0.4, -0.2) is 39.0 Å². The molecule has 0 radical (unpaired) electrons. The Morgan fingerprint density at radius 1 is 1.15 bits per heavy atom. The van der Waals surface area contributed by atoms with Crippen LogP contribution in [0.15, 0.2) is 18.2 Å². The highest BCUT2D eigenvalue weighted by Crippen LogP contribution is 2.45. The van der Waals surface area contributed by atoms with Crippen LogP contribution in [0.1, 0.15) is 46.3 Å². The van der Waals surface area contributed by atoms with E-state index in [2.05, 4.69) is 33.9 Å². The van der Waals surface area contributed by atoms with Crippen LogP contribution in [0.3, 0.4) is 0 Å². The van der Waals surface area contributed by atoms with Crippen LogP contribution in [0.25, 0.3) is 0 Å². The van der Waals surface area contributed by atoms with Crippen molar-refractivity contribution in [3.05, 3.63) is 35.4 Å². The molecule has 1 aromatic carbocycles. The molecule has 2 saturated heterocycles. The van der Waals surface area contributed by atoms with Gasteiger partial charge in [0.15, 0.2) is 14.1 Å². The summed E-state index contributed by atoms with van der Waals surface area (Å²) < 4.78 is 53.0. The van der Waals surface area contributed by atoms with Gasteiger partial charge in [-0.15, -0.1) is 0 Å². The van der Waals surface area contributed by atoms with Gasteiger partial charge in [0.05, 0.1) is 6.61 Å². The SMILES string of the molecule is CC1(C)O[C@H]2[C@H](O[Si](C)(C)C(C)(C)C)[C@@H](c3cc(F)ccc3F)OC[C@H]2O1. The maximum Gasteiger partial charge on any atom is 0.192 e. The van der Waals surface area contributed by atoms with Crippen LogP contribution in [0.2, 0.25) is 18.1 Å². The molecular weight excluding hydrogens is 370 g/mol. The van der Waals surface area contributed by atoms with Gasteiger partial charge in [0.25, 0.3) is 0 Å². The van der Waals surface area contributed by atoms with Gasteiger partial charge < -0.3 is 18.6 Å². The number of rotatable bonds is 3. The first-order chi connectivity index (χ1) is 12.3. The Balaban J connectivity index is 2.00. The fourth-order valence-corrected chi connectivity index (χ4v) is 4.67. The van der Waals surface area contributed by atoms with Gasteiger partial charge in [-0.05, 0) is 50.2 Å². The molecule has 0 spiro atoms. The molecule has 0 saturated carbocycles. The van der Waals surface area contributed by atoms with Crippen LogP contribution >= 0.6 is 0 Å². The number of ether oxygens (including phenoxy) is 3. The number of halogens is 2. The highest BCUT2D eigenvalue weighted by molar-refractivity contribution is 6.74. The minimum absolute atomic E-state index is 0.0556. The Morgan fingerprint density at radius 2 is 1.81 bits per heavy atom. The lowest BCUT2D eigenvalue weighted by Gasteiger charge is -2.45. The minimum Gasteiger partial charge on any atom is -0.408 e. The standard InChI is InChI=1S/C20H30F2O4Si/c1-19(2,3)27(6,7)26-18-16(13-10-12(21)8-9-14(13)22)23-11-15-17(18)25-20(4,5)24-15/h8-10,15-18H,11H2,1-7H3/t15-,16-,17-,18-/m1/s1. The monoisotopic (exact) mass is 400 g/mol. The van der Waals surface area contributed by atoms with E-state index < -0.39 is 44.1 Å². The summed E-state index contributed by atoms with van der Waals surface area (Å²) in [6, 6.07) is 3.41. The Labute approximate surface area is 161 Å². The topological polar surface area (TPSA) is 36.9 Å². The Kier molecular flexibility index (Phi) is 5.32. The third kappa shape index (κ3) is 4.12. The van der Waals surface area contributed by atoms with Crippen molar-refractivity contribution in [2.45, 2.75) is 83.0 Å². The van der Waals surface area contributed by atoms with Crippen LogP contribution in [-0.2, 0) is 18.6 Å². The van der Waals surface area contributed by atoms with E-state index in [0.717, 1.165) is 12.1 Å². The van der Waals surface area contributed by atoms with E-state index in [-0.39, 0.29) is 23.3 Å². The van der Waals surface area contributed by atoms with Gasteiger partial charge in [-0.3, -0.25) is 0 Å². The largest absolute Gasteiger partial charge is 0.408 e. The smallest absolute Gasteiger partial charge is 0.192 e. The zero-order valence-corrected chi connectivity index (χ0v) is 18.1. The Morgan fingerprint density at radius 3 is 2.44 bits per heavy atom. The molecule has 0 N–H and O–H groups in total. The third-order valence-corrected chi connectivity index (χ3v) is 10.3. The first kappa shape index (κ1) is 20.9. The van der Waals surface area contributed by atoms with Crippen LogP contribution in [0, 0.1) is 11.6 Å². The van der Waals surface area contributed by atoms with Gasteiger partial charge in [0.1, 0.15) is 36.1 Å². The van der Waals surface area contributed by atoms with E-state index in [0.29, 0.717) is 0 Å². The maximum absolute atomic E-state index is 14.5. The lowest BCUT2D eigenvalue weighted by molar-refractivity contribution is -0.158. The molecule has 2 heterocycles. The van der Waals surface area contributed by atoms with Crippen molar-refractivity contribution in [2.24, 2.45) is 0 Å². The molecule has 0 aliphatic carbocycles. The number of benzene rings is 1. The van der Waals surface area contributed by atoms with E-state index in [1.165, 1.54) is 6.07 Å². The first-order valence-electron chi connectivity index (χ1n) is 9.41. The molecule has 0 aromatic heterocycles. The zero-order valence-electron chi connectivity index (χ0n) is 17.1. The summed E-state index contributed by atoms with van der Waals surface area (Å²) >= 11 is 0. The molecule has 0 bridgehead atoms. The molecule has 4 nitrogen and oxygen atoms in total. The quantitative estimate of drug-likeness (QED) is 0.673. The van der Waals surface area contributed by atoms with Gasteiger partial charge in [-0.1, -0.05) is 20.8 Å². The second-order valence-corrected chi connectivity index (χ2v) is 14.2. The highest BCUT2D eigenvalue weighted by Gasteiger charge is 2.54. The maximum atomic E-state index is 14.5. The second-order valence-electron chi connectivity index (χ2n) is 9.40. The van der Waals surface area contributed by atoms with E-state index in [9.17, 15) is 8.78 Å². The molecular formula is C20H30F2O4Si.